The molecule has 0 aromatic carbocycles. The highest BCUT2D eigenvalue weighted by Gasteiger charge is 2.07. The minimum Gasteiger partial charge on any atom is -0.463 e. The summed E-state index contributed by atoms with van der Waals surface area (Å²) in [5, 5.41) is 0. The average Bonchev–Trinajstić information content (AvgIpc) is 2.38. The molecule has 0 saturated heterocycles. The Labute approximate surface area is 130 Å². The molecule has 0 rings (SSSR count). The number of aldehydes is 1. The summed E-state index contributed by atoms with van der Waals surface area (Å²) in [5.41, 5.74) is 4.40. The van der Waals surface area contributed by atoms with Gasteiger partial charge in [0.15, 0.2) is 0 Å². The molecular formula is C17H28O3Si. The van der Waals surface area contributed by atoms with Crippen LogP contribution in [0.2, 0.25) is 19.6 Å². The second-order valence-electron chi connectivity index (χ2n) is 6.02. The van der Waals surface area contributed by atoms with Gasteiger partial charge in [0.05, 0.1) is 6.61 Å². The van der Waals surface area contributed by atoms with E-state index in [1.165, 1.54) is 0 Å². The van der Waals surface area contributed by atoms with Crippen LogP contribution in [0.15, 0.2) is 11.6 Å². The number of carbonyl (C=O) groups excluding carboxylic acids is 2. The second-order valence-corrected chi connectivity index (χ2v) is 10.8. The van der Waals surface area contributed by atoms with E-state index in [-0.39, 0.29) is 5.97 Å². The molecule has 4 heteroatoms. The molecule has 0 amide bonds. The molecule has 0 N–H and O–H groups in total. The Morgan fingerprint density at radius 2 is 1.90 bits per heavy atom. The Morgan fingerprint density at radius 3 is 2.48 bits per heavy atom. The molecule has 0 aromatic heterocycles. The van der Waals surface area contributed by atoms with Gasteiger partial charge in [0, 0.05) is 18.9 Å². The van der Waals surface area contributed by atoms with E-state index < -0.39 is 8.07 Å². The molecule has 0 heterocycles. The third-order valence-corrected chi connectivity index (χ3v) is 3.64. The molecular weight excluding hydrogens is 280 g/mol. The largest absolute Gasteiger partial charge is 0.463 e. The van der Waals surface area contributed by atoms with Crippen molar-refractivity contribution in [3.63, 3.8) is 0 Å². The standard InChI is InChI=1S/C17H28O3Si/c1-5-20-17(19)15-16(11-7-6-9-13-18)12-8-10-14-21(2,3)4/h13,15H,5-9,11-12H2,1-4H3/b16-15-. The number of hydrogen-bond acceptors (Lipinski definition) is 3. The Bertz CT molecular complexity index is 408. The van der Waals surface area contributed by atoms with Crippen molar-refractivity contribution in [3.05, 3.63) is 11.6 Å². The summed E-state index contributed by atoms with van der Waals surface area (Å²) in [6.45, 7) is 8.84. The van der Waals surface area contributed by atoms with Gasteiger partial charge in [0.1, 0.15) is 14.4 Å². The van der Waals surface area contributed by atoms with Gasteiger partial charge in [-0.25, -0.2) is 4.79 Å². The molecule has 0 aliphatic rings. The summed E-state index contributed by atoms with van der Waals surface area (Å²) < 4.78 is 4.96. The van der Waals surface area contributed by atoms with E-state index in [9.17, 15) is 9.59 Å². The van der Waals surface area contributed by atoms with Crippen LogP contribution < -0.4 is 0 Å². The van der Waals surface area contributed by atoms with E-state index in [0.717, 1.165) is 44.0 Å². The highest BCUT2D eigenvalue weighted by Crippen LogP contribution is 2.15. The lowest BCUT2D eigenvalue weighted by Gasteiger charge is -2.06. The van der Waals surface area contributed by atoms with Gasteiger partial charge in [0.25, 0.3) is 0 Å². The molecule has 118 valence electrons. The van der Waals surface area contributed by atoms with E-state index >= 15 is 0 Å². The third-order valence-electron chi connectivity index (χ3n) is 2.71. The fourth-order valence-corrected chi connectivity index (χ4v) is 2.41. The van der Waals surface area contributed by atoms with Gasteiger partial charge >= 0.3 is 5.97 Å². The SMILES string of the molecule is CCOC(=O)/C=C(\CCC#C[Si](C)(C)C)CCCCC=O. The van der Waals surface area contributed by atoms with Crippen molar-refractivity contribution in [1.29, 1.82) is 0 Å². The summed E-state index contributed by atoms with van der Waals surface area (Å²) in [6.07, 6.45) is 7.33. The maximum atomic E-state index is 11.6. The third kappa shape index (κ3) is 13.4. The lowest BCUT2D eigenvalue weighted by molar-refractivity contribution is -0.137. The normalized spacial score (nSPS) is 11.5. The lowest BCUT2D eigenvalue weighted by Crippen LogP contribution is -2.16. The lowest BCUT2D eigenvalue weighted by atomic mass is 10.0. The fraction of sp³-hybridized carbons (Fsp3) is 0.647. The predicted octanol–water partition coefficient (Wildman–Crippen LogP) is 3.90. The monoisotopic (exact) mass is 308 g/mol. The zero-order valence-electron chi connectivity index (χ0n) is 13.8. The molecule has 0 aliphatic carbocycles. The van der Waals surface area contributed by atoms with Crippen LogP contribution in [-0.2, 0) is 14.3 Å². The van der Waals surface area contributed by atoms with Crippen molar-refractivity contribution < 1.29 is 14.3 Å². The van der Waals surface area contributed by atoms with Gasteiger partial charge in [-0.15, -0.1) is 11.5 Å². The van der Waals surface area contributed by atoms with Crippen LogP contribution in [0.25, 0.3) is 0 Å². The summed E-state index contributed by atoms with van der Waals surface area (Å²) in [5.74, 6) is 2.95. The van der Waals surface area contributed by atoms with Crippen LogP contribution >= 0.6 is 0 Å². The van der Waals surface area contributed by atoms with E-state index in [0.29, 0.717) is 13.0 Å². The number of carbonyl (C=O) groups is 2. The maximum Gasteiger partial charge on any atom is 0.330 e. The Kier molecular flexibility index (Phi) is 10.6. The number of allylic oxidation sites excluding steroid dienone is 1. The van der Waals surface area contributed by atoms with Crippen LogP contribution in [0, 0.1) is 11.5 Å². The number of ether oxygens (including phenoxy) is 1. The van der Waals surface area contributed by atoms with Gasteiger partial charge in [-0.3, -0.25) is 0 Å². The van der Waals surface area contributed by atoms with Crippen LogP contribution in [0.1, 0.15) is 45.4 Å². The molecule has 0 spiro atoms. The number of unbranched alkanes of at least 4 members (excludes halogenated alkanes) is 2. The zero-order chi connectivity index (χ0) is 16.1. The van der Waals surface area contributed by atoms with Crippen molar-refractivity contribution in [2.75, 3.05) is 6.61 Å². The average molecular weight is 308 g/mol. The summed E-state index contributed by atoms with van der Waals surface area (Å²) >= 11 is 0. The molecule has 0 bridgehead atoms. The quantitative estimate of drug-likeness (QED) is 0.162. The molecule has 3 nitrogen and oxygen atoms in total. The van der Waals surface area contributed by atoms with Crippen molar-refractivity contribution in [1.82, 2.24) is 0 Å². The summed E-state index contributed by atoms with van der Waals surface area (Å²) in [4.78, 5) is 21.9. The molecule has 0 saturated carbocycles. The van der Waals surface area contributed by atoms with Crippen molar-refractivity contribution in [2.24, 2.45) is 0 Å². The molecule has 0 aromatic rings. The Balaban J connectivity index is 4.45. The molecule has 0 aliphatic heterocycles. The van der Waals surface area contributed by atoms with Crippen molar-refractivity contribution >= 4 is 20.3 Å². The first-order valence-electron chi connectivity index (χ1n) is 7.69. The van der Waals surface area contributed by atoms with E-state index in [1.54, 1.807) is 13.0 Å². The summed E-state index contributed by atoms with van der Waals surface area (Å²) in [6, 6.07) is 0. The van der Waals surface area contributed by atoms with Crippen LogP contribution in [0.5, 0.6) is 0 Å². The van der Waals surface area contributed by atoms with E-state index in [2.05, 4.69) is 31.1 Å². The van der Waals surface area contributed by atoms with Gasteiger partial charge < -0.3 is 9.53 Å². The smallest absolute Gasteiger partial charge is 0.330 e. The van der Waals surface area contributed by atoms with Gasteiger partial charge in [-0.2, -0.15) is 0 Å². The van der Waals surface area contributed by atoms with Crippen LogP contribution in [-0.4, -0.2) is 26.9 Å². The maximum absolute atomic E-state index is 11.6. The first-order chi connectivity index (χ1) is 9.89. The highest BCUT2D eigenvalue weighted by atomic mass is 28.3. The molecule has 21 heavy (non-hydrogen) atoms. The highest BCUT2D eigenvalue weighted by molar-refractivity contribution is 6.83. The van der Waals surface area contributed by atoms with Gasteiger partial charge in [-0.1, -0.05) is 25.2 Å². The van der Waals surface area contributed by atoms with Crippen LogP contribution in [0.3, 0.4) is 0 Å². The topological polar surface area (TPSA) is 43.4 Å². The first kappa shape index (κ1) is 19.7. The van der Waals surface area contributed by atoms with Gasteiger partial charge in [-0.05, 0) is 32.6 Å². The Hall–Kier alpha value is -1.34. The minimum atomic E-state index is -1.32. The predicted molar refractivity (Wildman–Crippen MR) is 89.6 cm³/mol. The van der Waals surface area contributed by atoms with Gasteiger partial charge in [0.2, 0.25) is 0 Å². The van der Waals surface area contributed by atoms with E-state index in [4.69, 9.17) is 4.74 Å². The molecule has 0 atom stereocenters. The minimum absolute atomic E-state index is 0.277. The number of esters is 1. The van der Waals surface area contributed by atoms with Crippen molar-refractivity contribution in [3.8, 4) is 11.5 Å². The van der Waals surface area contributed by atoms with Crippen LogP contribution in [0.4, 0.5) is 0 Å². The second kappa shape index (κ2) is 11.3. The summed E-state index contributed by atoms with van der Waals surface area (Å²) in [7, 11) is -1.32. The number of hydrogen-bond donors (Lipinski definition) is 0. The zero-order valence-corrected chi connectivity index (χ0v) is 14.8. The fourth-order valence-electron chi connectivity index (χ4n) is 1.75. The molecule has 0 unspecified atom stereocenters. The van der Waals surface area contributed by atoms with E-state index in [1.807, 2.05) is 0 Å². The number of rotatable bonds is 9. The molecule has 0 fully saturated rings. The molecule has 0 radical (unpaired) electrons. The van der Waals surface area contributed by atoms with Crippen molar-refractivity contribution in [2.45, 2.75) is 65.1 Å². The Morgan fingerprint density at radius 1 is 1.19 bits per heavy atom. The first-order valence-corrected chi connectivity index (χ1v) is 11.2.